The Kier molecular flexibility index (Phi) is 4.71. The topological polar surface area (TPSA) is 38.8 Å². The molecule has 22 heavy (non-hydrogen) atoms. The van der Waals surface area contributed by atoms with Crippen LogP contribution in [0.2, 0.25) is 0 Å². The fourth-order valence-corrected chi connectivity index (χ4v) is 2.47. The monoisotopic (exact) mass is 297 g/mol. The van der Waals surface area contributed by atoms with E-state index in [1.165, 1.54) is 0 Å². The third-order valence-corrected chi connectivity index (χ3v) is 3.68. The first kappa shape index (κ1) is 14.6. The maximum Gasteiger partial charge on any atom is 0.254 e. The molecule has 1 amide bonds. The minimum atomic E-state index is 0.0514. The molecule has 0 bridgehead atoms. The number of hydrogen-bond donors (Lipinski definition) is 0. The third kappa shape index (κ3) is 3.46. The van der Waals surface area contributed by atoms with Crippen LogP contribution in [0, 0.1) is 0 Å². The molecule has 1 fully saturated rings. The summed E-state index contributed by atoms with van der Waals surface area (Å²) in [6.07, 6.45) is 0. The van der Waals surface area contributed by atoms with E-state index in [0.717, 1.165) is 11.3 Å². The molecule has 0 radical (unpaired) electrons. The van der Waals surface area contributed by atoms with E-state index in [1.807, 2.05) is 59.5 Å². The Balaban J connectivity index is 1.73. The molecule has 2 aromatic carbocycles. The second-order valence-corrected chi connectivity index (χ2v) is 5.16. The Bertz CT molecular complexity index is 621. The molecule has 1 heterocycles. The van der Waals surface area contributed by atoms with Gasteiger partial charge >= 0.3 is 0 Å². The minimum absolute atomic E-state index is 0.0514. The van der Waals surface area contributed by atoms with Crippen LogP contribution in [0.1, 0.15) is 15.9 Å². The normalized spacial score (nSPS) is 14.6. The minimum Gasteiger partial charge on any atom is -0.489 e. The van der Waals surface area contributed by atoms with Gasteiger partial charge in [0.05, 0.1) is 13.2 Å². The number of morpholine rings is 1. The van der Waals surface area contributed by atoms with E-state index in [4.69, 9.17) is 9.47 Å². The van der Waals surface area contributed by atoms with Crippen molar-refractivity contribution in [1.82, 2.24) is 4.90 Å². The number of amides is 1. The standard InChI is InChI=1S/C18H19NO3/c20-18(19-10-12-21-13-11-19)17-9-5-4-6-15(17)14-22-16-7-2-1-3-8-16/h1-9H,10-14H2. The summed E-state index contributed by atoms with van der Waals surface area (Å²) in [5.41, 5.74) is 1.61. The molecule has 0 atom stereocenters. The molecule has 4 heteroatoms. The van der Waals surface area contributed by atoms with Crippen molar-refractivity contribution in [2.45, 2.75) is 6.61 Å². The molecule has 4 nitrogen and oxygen atoms in total. The zero-order valence-corrected chi connectivity index (χ0v) is 12.4. The van der Waals surface area contributed by atoms with Gasteiger partial charge in [-0.2, -0.15) is 0 Å². The van der Waals surface area contributed by atoms with Crippen molar-refractivity contribution in [1.29, 1.82) is 0 Å². The molecule has 0 aliphatic carbocycles. The highest BCUT2D eigenvalue weighted by Crippen LogP contribution is 2.17. The lowest BCUT2D eigenvalue weighted by Crippen LogP contribution is -2.41. The van der Waals surface area contributed by atoms with E-state index < -0.39 is 0 Å². The maximum absolute atomic E-state index is 12.6. The third-order valence-electron chi connectivity index (χ3n) is 3.68. The van der Waals surface area contributed by atoms with Gasteiger partial charge in [0.25, 0.3) is 5.91 Å². The van der Waals surface area contributed by atoms with Gasteiger partial charge in [0.15, 0.2) is 0 Å². The Morgan fingerprint density at radius 3 is 2.45 bits per heavy atom. The first-order valence-corrected chi connectivity index (χ1v) is 7.47. The highest BCUT2D eigenvalue weighted by atomic mass is 16.5. The summed E-state index contributed by atoms with van der Waals surface area (Å²) in [5, 5.41) is 0. The van der Waals surface area contributed by atoms with Gasteiger partial charge in [-0.25, -0.2) is 0 Å². The van der Waals surface area contributed by atoms with Gasteiger partial charge in [0.1, 0.15) is 12.4 Å². The summed E-state index contributed by atoms with van der Waals surface area (Å²) in [4.78, 5) is 14.5. The number of hydrogen-bond acceptors (Lipinski definition) is 3. The van der Waals surface area contributed by atoms with Crippen LogP contribution in [-0.2, 0) is 11.3 Å². The van der Waals surface area contributed by atoms with Crippen LogP contribution in [0.5, 0.6) is 5.75 Å². The van der Waals surface area contributed by atoms with Crippen LogP contribution in [-0.4, -0.2) is 37.1 Å². The predicted molar refractivity (Wildman–Crippen MR) is 83.9 cm³/mol. The smallest absolute Gasteiger partial charge is 0.254 e. The highest BCUT2D eigenvalue weighted by Gasteiger charge is 2.20. The van der Waals surface area contributed by atoms with Gasteiger partial charge in [-0.1, -0.05) is 36.4 Å². The zero-order chi connectivity index (χ0) is 15.2. The second-order valence-electron chi connectivity index (χ2n) is 5.16. The average Bonchev–Trinajstić information content (AvgIpc) is 2.61. The molecule has 2 aromatic rings. The summed E-state index contributed by atoms with van der Waals surface area (Å²) in [6, 6.07) is 17.2. The van der Waals surface area contributed by atoms with Crippen LogP contribution >= 0.6 is 0 Å². The van der Waals surface area contributed by atoms with Gasteiger partial charge in [0.2, 0.25) is 0 Å². The van der Waals surface area contributed by atoms with Crippen LogP contribution in [0.4, 0.5) is 0 Å². The summed E-state index contributed by atoms with van der Waals surface area (Å²) in [6.45, 7) is 2.89. The maximum atomic E-state index is 12.6. The first-order chi connectivity index (χ1) is 10.8. The molecule has 1 aliphatic rings. The van der Waals surface area contributed by atoms with E-state index in [-0.39, 0.29) is 5.91 Å². The van der Waals surface area contributed by atoms with E-state index in [2.05, 4.69) is 0 Å². The molecule has 1 saturated heterocycles. The molecular weight excluding hydrogens is 278 g/mol. The lowest BCUT2D eigenvalue weighted by Gasteiger charge is -2.27. The first-order valence-electron chi connectivity index (χ1n) is 7.47. The predicted octanol–water partition coefficient (Wildman–Crippen LogP) is 2.74. The van der Waals surface area contributed by atoms with Crippen molar-refractivity contribution in [3.8, 4) is 5.75 Å². The highest BCUT2D eigenvalue weighted by molar-refractivity contribution is 5.95. The Morgan fingerprint density at radius 2 is 1.68 bits per heavy atom. The number of carbonyl (C=O) groups is 1. The number of para-hydroxylation sites is 1. The lowest BCUT2D eigenvalue weighted by molar-refractivity contribution is 0.0301. The van der Waals surface area contributed by atoms with Crippen molar-refractivity contribution in [3.63, 3.8) is 0 Å². The van der Waals surface area contributed by atoms with Crippen molar-refractivity contribution < 1.29 is 14.3 Å². The van der Waals surface area contributed by atoms with E-state index in [1.54, 1.807) is 0 Å². The Hall–Kier alpha value is -2.33. The molecule has 1 aliphatic heterocycles. The number of benzene rings is 2. The SMILES string of the molecule is O=C(c1ccccc1COc1ccccc1)N1CCOCC1. The zero-order valence-electron chi connectivity index (χ0n) is 12.4. The van der Waals surface area contributed by atoms with Crippen LogP contribution in [0.25, 0.3) is 0 Å². The van der Waals surface area contributed by atoms with Crippen molar-refractivity contribution in [2.24, 2.45) is 0 Å². The van der Waals surface area contributed by atoms with Crippen LogP contribution in [0.15, 0.2) is 54.6 Å². The van der Waals surface area contributed by atoms with Crippen LogP contribution in [0.3, 0.4) is 0 Å². The Morgan fingerprint density at radius 1 is 1.00 bits per heavy atom. The van der Waals surface area contributed by atoms with Gasteiger partial charge in [-0.15, -0.1) is 0 Å². The molecule has 0 unspecified atom stereocenters. The van der Waals surface area contributed by atoms with Crippen molar-refractivity contribution >= 4 is 5.91 Å². The molecule has 3 rings (SSSR count). The Labute approximate surface area is 130 Å². The quantitative estimate of drug-likeness (QED) is 0.871. The van der Waals surface area contributed by atoms with Gasteiger partial charge < -0.3 is 14.4 Å². The summed E-state index contributed by atoms with van der Waals surface area (Å²) >= 11 is 0. The van der Waals surface area contributed by atoms with Crippen molar-refractivity contribution in [3.05, 3.63) is 65.7 Å². The molecule has 0 aromatic heterocycles. The fraction of sp³-hybridized carbons (Fsp3) is 0.278. The number of ether oxygens (including phenoxy) is 2. The number of nitrogens with zero attached hydrogens (tertiary/aromatic N) is 1. The fourth-order valence-electron chi connectivity index (χ4n) is 2.47. The molecule has 0 saturated carbocycles. The van der Waals surface area contributed by atoms with E-state index in [9.17, 15) is 4.79 Å². The largest absolute Gasteiger partial charge is 0.489 e. The lowest BCUT2D eigenvalue weighted by atomic mass is 10.1. The molecular formula is C18H19NO3. The number of carbonyl (C=O) groups excluding carboxylic acids is 1. The molecule has 0 spiro atoms. The van der Waals surface area contributed by atoms with Crippen LogP contribution < -0.4 is 4.74 Å². The van der Waals surface area contributed by atoms with Crippen molar-refractivity contribution in [2.75, 3.05) is 26.3 Å². The molecule has 0 N–H and O–H groups in total. The van der Waals surface area contributed by atoms with E-state index >= 15 is 0 Å². The summed E-state index contributed by atoms with van der Waals surface area (Å²) in [7, 11) is 0. The van der Waals surface area contributed by atoms with Gasteiger partial charge in [-0.05, 0) is 18.2 Å². The van der Waals surface area contributed by atoms with Gasteiger partial charge in [-0.3, -0.25) is 4.79 Å². The summed E-state index contributed by atoms with van der Waals surface area (Å²) in [5.74, 6) is 0.853. The van der Waals surface area contributed by atoms with Gasteiger partial charge in [0, 0.05) is 24.2 Å². The number of rotatable bonds is 4. The second kappa shape index (κ2) is 7.09. The van der Waals surface area contributed by atoms with E-state index in [0.29, 0.717) is 38.5 Å². The molecule has 114 valence electrons. The average molecular weight is 297 g/mol. The summed E-state index contributed by atoms with van der Waals surface area (Å²) < 4.78 is 11.1.